The third-order valence-electron chi connectivity index (χ3n) is 6.86. The highest BCUT2D eigenvalue weighted by Gasteiger charge is 2.34. The average molecular weight is 480 g/mol. The van der Waals surface area contributed by atoms with Gasteiger partial charge in [0.15, 0.2) is 5.76 Å². The van der Waals surface area contributed by atoms with Gasteiger partial charge in [-0.05, 0) is 92.5 Å². The van der Waals surface area contributed by atoms with Crippen LogP contribution in [0.4, 0.5) is 4.39 Å². The molecule has 1 saturated heterocycles. The second-order valence-corrected chi connectivity index (χ2v) is 9.86. The molecule has 5 nitrogen and oxygen atoms in total. The number of methoxy groups -OCH3 is 1. The van der Waals surface area contributed by atoms with Crippen molar-refractivity contribution in [2.24, 2.45) is 5.92 Å². The van der Waals surface area contributed by atoms with E-state index in [4.69, 9.17) is 13.9 Å². The Morgan fingerprint density at radius 2 is 1.89 bits per heavy atom. The van der Waals surface area contributed by atoms with E-state index in [-0.39, 0.29) is 23.2 Å². The molecule has 2 atom stereocenters. The molecule has 1 aromatic heterocycles. The van der Waals surface area contributed by atoms with Crippen LogP contribution in [-0.2, 0) is 11.3 Å². The Labute approximate surface area is 206 Å². The number of ether oxygens (including phenoxy) is 2. The fourth-order valence-corrected chi connectivity index (χ4v) is 5.06. The minimum Gasteiger partial charge on any atom is -0.497 e. The molecule has 0 radical (unpaired) electrons. The quantitative estimate of drug-likeness (QED) is 0.354. The van der Waals surface area contributed by atoms with Crippen molar-refractivity contribution in [1.29, 1.82) is 0 Å². The fraction of sp³-hybridized carbons (Fsp3) is 0.414. The average Bonchev–Trinajstić information content (AvgIpc) is 3.39. The summed E-state index contributed by atoms with van der Waals surface area (Å²) in [6.45, 7) is 5.95. The largest absolute Gasteiger partial charge is 0.497 e. The maximum absolute atomic E-state index is 13.7. The van der Waals surface area contributed by atoms with Gasteiger partial charge in [-0.1, -0.05) is 24.3 Å². The predicted molar refractivity (Wildman–Crippen MR) is 133 cm³/mol. The summed E-state index contributed by atoms with van der Waals surface area (Å²) in [7, 11) is 1.63. The lowest BCUT2D eigenvalue weighted by atomic mass is 9.75. The maximum atomic E-state index is 13.7. The first-order valence-corrected chi connectivity index (χ1v) is 12.2. The van der Waals surface area contributed by atoms with Gasteiger partial charge < -0.3 is 18.8 Å². The van der Waals surface area contributed by atoms with Gasteiger partial charge >= 0.3 is 0 Å². The molecule has 2 heterocycles. The highest BCUT2D eigenvalue weighted by Crippen LogP contribution is 2.40. The van der Waals surface area contributed by atoms with Crippen LogP contribution in [0.5, 0.6) is 5.75 Å². The molecule has 4 rings (SSSR count). The lowest BCUT2D eigenvalue weighted by molar-refractivity contribution is -0.0774. The van der Waals surface area contributed by atoms with Gasteiger partial charge in [-0.2, -0.15) is 0 Å². The molecule has 3 aromatic rings. The third kappa shape index (κ3) is 6.51. The van der Waals surface area contributed by atoms with Crippen LogP contribution < -0.4 is 4.74 Å². The van der Waals surface area contributed by atoms with Crippen LogP contribution in [-0.4, -0.2) is 36.7 Å². The van der Waals surface area contributed by atoms with Gasteiger partial charge in [-0.15, -0.1) is 0 Å². The molecule has 0 saturated carbocycles. The van der Waals surface area contributed by atoms with Crippen LogP contribution >= 0.6 is 0 Å². The van der Waals surface area contributed by atoms with E-state index >= 15 is 0 Å². The van der Waals surface area contributed by atoms with Crippen LogP contribution in [0.25, 0.3) is 0 Å². The van der Waals surface area contributed by atoms with Gasteiger partial charge in [0.2, 0.25) is 0 Å². The number of furan rings is 1. The number of nitrogens with zero attached hydrogens (tertiary/aromatic N) is 1. The van der Waals surface area contributed by atoms with E-state index in [2.05, 4.69) is 13.8 Å². The van der Waals surface area contributed by atoms with Gasteiger partial charge in [-0.3, -0.25) is 4.79 Å². The molecule has 0 aliphatic carbocycles. The lowest BCUT2D eigenvalue weighted by Gasteiger charge is -2.40. The molecule has 0 N–H and O–H groups in total. The van der Waals surface area contributed by atoms with Crippen LogP contribution in [0, 0.1) is 11.7 Å². The Hall–Kier alpha value is -3.12. The SMILES string of the molecule is COc1ccc(CN(CC[C@@H](c2ccc(F)cc2)[C@H]2CCOC(C)(C)C2)C(=O)c2ccco2)cc1. The van der Waals surface area contributed by atoms with E-state index in [1.165, 1.54) is 18.4 Å². The number of benzene rings is 2. The molecule has 6 heteroatoms. The van der Waals surface area contributed by atoms with E-state index < -0.39 is 0 Å². The highest BCUT2D eigenvalue weighted by atomic mass is 19.1. The standard InChI is InChI=1S/C29H34FNO4/c1-29(2)19-23(15-18-35-29)26(22-8-10-24(30)11-9-22)14-16-31(28(32)27-5-4-17-34-27)20-21-6-12-25(33-3)13-7-21/h4-13,17,23,26H,14-16,18-20H2,1-3H3/t23-,26-/m0/s1. The monoisotopic (exact) mass is 479 g/mol. The molecular weight excluding hydrogens is 445 g/mol. The van der Waals surface area contributed by atoms with Crippen molar-refractivity contribution in [3.8, 4) is 5.75 Å². The number of carbonyl (C=O) groups excluding carboxylic acids is 1. The number of rotatable bonds is 9. The predicted octanol–water partition coefficient (Wildman–Crippen LogP) is 6.45. The van der Waals surface area contributed by atoms with Crippen LogP contribution in [0.1, 0.15) is 60.7 Å². The van der Waals surface area contributed by atoms with Gasteiger partial charge in [0.25, 0.3) is 5.91 Å². The van der Waals surface area contributed by atoms with Gasteiger partial charge in [0, 0.05) is 19.7 Å². The zero-order valence-corrected chi connectivity index (χ0v) is 20.7. The van der Waals surface area contributed by atoms with E-state index in [1.807, 2.05) is 41.3 Å². The first-order chi connectivity index (χ1) is 16.8. The minimum absolute atomic E-state index is 0.143. The Balaban J connectivity index is 1.57. The van der Waals surface area contributed by atoms with Gasteiger partial charge in [-0.25, -0.2) is 4.39 Å². The molecule has 0 unspecified atom stereocenters. The van der Waals surface area contributed by atoms with Gasteiger partial charge in [0.1, 0.15) is 11.6 Å². The maximum Gasteiger partial charge on any atom is 0.289 e. The third-order valence-corrected chi connectivity index (χ3v) is 6.86. The van der Waals surface area contributed by atoms with E-state index in [9.17, 15) is 9.18 Å². The molecule has 1 aliphatic heterocycles. The van der Waals surface area contributed by atoms with E-state index in [0.29, 0.717) is 31.4 Å². The number of hydrogen-bond acceptors (Lipinski definition) is 4. The molecule has 35 heavy (non-hydrogen) atoms. The van der Waals surface area contributed by atoms with Crippen LogP contribution in [0.15, 0.2) is 71.3 Å². The Kier molecular flexibility index (Phi) is 7.91. The molecule has 0 bridgehead atoms. The number of carbonyl (C=O) groups is 1. The molecular formula is C29H34FNO4. The first-order valence-electron chi connectivity index (χ1n) is 12.2. The minimum atomic E-state index is -0.242. The van der Waals surface area contributed by atoms with Crippen molar-refractivity contribution in [3.63, 3.8) is 0 Å². The molecule has 1 fully saturated rings. The van der Waals surface area contributed by atoms with Crippen molar-refractivity contribution >= 4 is 5.91 Å². The smallest absolute Gasteiger partial charge is 0.289 e. The number of hydrogen-bond donors (Lipinski definition) is 0. The topological polar surface area (TPSA) is 51.9 Å². The summed E-state index contributed by atoms with van der Waals surface area (Å²) in [5.74, 6) is 1.28. The normalized spacial score (nSPS) is 18.1. The fourth-order valence-electron chi connectivity index (χ4n) is 5.06. The Morgan fingerprint density at radius 3 is 2.51 bits per heavy atom. The van der Waals surface area contributed by atoms with E-state index in [1.54, 1.807) is 19.2 Å². The second kappa shape index (κ2) is 11.1. The summed E-state index contributed by atoms with van der Waals surface area (Å²) in [4.78, 5) is 15.2. The van der Waals surface area contributed by atoms with Crippen molar-refractivity contribution in [2.45, 2.75) is 51.2 Å². The summed E-state index contributed by atoms with van der Waals surface area (Å²) in [6, 6.07) is 18.0. The number of amides is 1. The second-order valence-electron chi connectivity index (χ2n) is 9.86. The van der Waals surface area contributed by atoms with Crippen molar-refractivity contribution in [3.05, 3.63) is 89.6 Å². The first kappa shape index (κ1) is 25.0. The van der Waals surface area contributed by atoms with Crippen LogP contribution in [0.2, 0.25) is 0 Å². The van der Waals surface area contributed by atoms with E-state index in [0.717, 1.165) is 36.1 Å². The summed E-state index contributed by atoms with van der Waals surface area (Å²) in [5.41, 5.74) is 1.91. The highest BCUT2D eigenvalue weighted by molar-refractivity contribution is 5.91. The van der Waals surface area contributed by atoms with Crippen LogP contribution in [0.3, 0.4) is 0 Å². The summed E-state index contributed by atoms with van der Waals surface area (Å²) >= 11 is 0. The molecule has 2 aromatic carbocycles. The summed E-state index contributed by atoms with van der Waals surface area (Å²) in [5, 5.41) is 0. The molecule has 1 aliphatic rings. The van der Waals surface area contributed by atoms with Crippen molar-refractivity contribution in [1.82, 2.24) is 4.90 Å². The lowest BCUT2D eigenvalue weighted by Crippen LogP contribution is -2.38. The van der Waals surface area contributed by atoms with Crippen molar-refractivity contribution in [2.75, 3.05) is 20.3 Å². The van der Waals surface area contributed by atoms with Gasteiger partial charge in [0.05, 0.1) is 19.0 Å². The summed E-state index contributed by atoms with van der Waals surface area (Å²) in [6.07, 6.45) is 4.13. The van der Waals surface area contributed by atoms with Crippen molar-refractivity contribution < 1.29 is 23.1 Å². The molecule has 0 spiro atoms. The summed E-state index contributed by atoms with van der Waals surface area (Å²) < 4.78 is 30.4. The number of halogens is 1. The molecule has 186 valence electrons. The molecule has 1 amide bonds. The zero-order chi connectivity index (χ0) is 24.8. The Morgan fingerprint density at radius 1 is 1.14 bits per heavy atom. The zero-order valence-electron chi connectivity index (χ0n) is 20.7. The Bertz CT molecular complexity index is 1080.